The molecule has 0 unspecified atom stereocenters. The zero-order valence-electron chi connectivity index (χ0n) is 11.9. The number of esters is 1. The van der Waals surface area contributed by atoms with Crippen LogP contribution in [0.25, 0.3) is 0 Å². The summed E-state index contributed by atoms with van der Waals surface area (Å²) in [4.78, 5) is 34.2. The minimum Gasteiger partial charge on any atom is -0.454 e. The normalized spacial score (nSPS) is 17.0. The molecule has 0 saturated carbocycles. The van der Waals surface area contributed by atoms with Crippen LogP contribution >= 0.6 is 11.6 Å². The molecule has 1 aromatic carbocycles. The van der Waals surface area contributed by atoms with Crippen molar-refractivity contribution in [3.63, 3.8) is 0 Å². The van der Waals surface area contributed by atoms with Crippen molar-refractivity contribution in [1.29, 1.82) is 0 Å². The summed E-state index contributed by atoms with van der Waals surface area (Å²) in [5, 5.41) is 5.80. The van der Waals surface area contributed by atoms with Gasteiger partial charge in [-0.1, -0.05) is 23.7 Å². The van der Waals surface area contributed by atoms with Gasteiger partial charge in [0.15, 0.2) is 6.61 Å². The molecule has 0 bridgehead atoms. The van der Waals surface area contributed by atoms with E-state index >= 15 is 0 Å². The number of amides is 2. The van der Waals surface area contributed by atoms with Gasteiger partial charge < -0.3 is 15.4 Å². The Kier molecular flexibility index (Phi) is 5.77. The predicted octanol–water partition coefficient (Wildman–Crippen LogP) is 0.820. The average molecular weight is 325 g/mol. The third-order valence-corrected chi connectivity index (χ3v) is 3.49. The Balaban J connectivity index is 1.63. The van der Waals surface area contributed by atoms with Gasteiger partial charge in [0.1, 0.15) is 6.04 Å². The minimum atomic E-state index is -0.633. The lowest BCUT2D eigenvalue weighted by atomic mass is 10.1. The lowest BCUT2D eigenvalue weighted by Gasteiger charge is -2.10. The van der Waals surface area contributed by atoms with Crippen LogP contribution in [0.1, 0.15) is 18.4 Å². The van der Waals surface area contributed by atoms with Crippen molar-refractivity contribution < 1.29 is 19.1 Å². The lowest BCUT2D eigenvalue weighted by molar-refractivity contribution is -0.150. The first-order valence-corrected chi connectivity index (χ1v) is 7.39. The molecule has 1 atom stereocenters. The van der Waals surface area contributed by atoms with Crippen molar-refractivity contribution in [3.05, 3.63) is 34.9 Å². The first-order chi connectivity index (χ1) is 10.5. The molecule has 1 fully saturated rings. The molecule has 1 aliphatic heterocycles. The van der Waals surface area contributed by atoms with Crippen LogP contribution in [-0.2, 0) is 25.5 Å². The largest absolute Gasteiger partial charge is 0.454 e. The van der Waals surface area contributed by atoms with Crippen LogP contribution in [-0.4, -0.2) is 37.0 Å². The van der Waals surface area contributed by atoms with Crippen LogP contribution < -0.4 is 10.6 Å². The highest BCUT2D eigenvalue weighted by molar-refractivity contribution is 6.30. The first kappa shape index (κ1) is 16.3. The van der Waals surface area contributed by atoms with Gasteiger partial charge in [-0.25, -0.2) is 4.79 Å². The number of carbonyl (C=O) groups excluding carboxylic acids is 3. The molecule has 0 spiro atoms. The maximum atomic E-state index is 11.6. The third-order valence-electron chi connectivity index (χ3n) is 3.25. The highest BCUT2D eigenvalue weighted by atomic mass is 35.5. The molecule has 22 heavy (non-hydrogen) atoms. The Morgan fingerprint density at radius 1 is 1.41 bits per heavy atom. The Morgan fingerprint density at radius 3 is 2.91 bits per heavy atom. The summed E-state index contributed by atoms with van der Waals surface area (Å²) >= 11 is 5.87. The van der Waals surface area contributed by atoms with E-state index in [0.717, 1.165) is 5.56 Å². The highest BCUT2D eigenvalue weighted by Crippen LogP contribution is 2.10. The smallest absolute Gasteiger partial charge is 0.329 e. The summed E-state index contributed by atoms with van der Waals surface area (Å²) < 4.78 is 4.87. The number of nitrogens with one attached hydrogen (secondary N) is 2. The van der Waals surface area contributed by atoms with E-state index in [-0.39, 0.29) is 18.4 Å². The SMILES string of the molecule is O=C(COC(=O)[C@@H]1CCC(=O)N1)NCCc1cccc(Cl)c1. The van der Waals surface area contributed by atoms with Crippen LogP contribution in [0.2, 0.25) is 5.02 Å². The number of hydrogen-bond acceptors (Lipinski definition) is 4. The highest BCUT2D eigenvalue weighted by Gasteiger charge is 2.28. The van der Waals surface area contributed by atoms with Crippen molar-refractivity contribution in [1.82, 2.24) is 10.6 Å². The summed E-state index contributed by atoms with van der Waals surface area (Å²) in [6.07, 6.45) is 1.36. The maximum Gasteiger partial charge on any atom is 0.329 e. The van der Waals surface area contributed by atoms with Crippen molar-refractivity contribution in [2.24, 2.45) is 0 Å². The monoisotopic (exact) mass is 324 g/mol. The van der Waals surface area contributed by atoms with Gasteiger partial charge >= 0.3 is 5.97 Å². The summed E-state index contributed by atoms with van der Waals surface area (Å²) in [6, 6.07) is 6.74. The van der Waals surface area contributed by atoms with E-state index in [4.69, 9.17) is 16.3 Å². The van der Waals surface area contributed by atoms with E-state index in [1.807, 2.05) is 18.2 Å². The van der Waals surface area contributed by atoms with Crippen molar-refractivity contribution in [2.75, 3.05) is 13.2 Å². The molecule has 2 N–H and O–H groups in total. The maximum absolute atomic E-state index is 11.6. The molecule has 2 rings (SSSR count). The number of carbonyl (C=O) groups is 3. The van der Waals surface area contributed by atoms with Crippen LogP contribution in [0.4, 0.5) is 0 Å². The van der Waals surface area contributed by atoms with E-state index in [0.29, 0.717) is 30.8 Å². The second-order valence-electron chi connectivity index (χ2n) is 5.00. The van der Waals surface area contributed by atoms with E-state index in [1.54, 1.807) is 6.07 Å². The standard InChI is InChI=1S/C15H17ClN2O4/c16-11-3-1-2-10(8-11)6-7-17-14(20)9-22-15(21)12-4-5-13(19)18-12/h1-3,8,12H,4-7,9H2,(H,17,20)(H,18,19)/t12-/m0/s1. The average Bonchev–Trinajstić information content (AvgIpc) is 2.91. The van der Waals surface area contributed by atoms with Crippen molar-refractivity contribution >= 4 is 29.4 Å². The number of ether oxygens (including phenoxy) is 1. The Bertz CT molecular complexity index is 576. The summed E-state index contributed by atoms with van der Waals surface area (Å²) in [5.41, 5.74) is 1.01. The first-order valence-electron chi connectivity index (χ1n) is 7.02. The molecular formula is C15H17ClN2O4. The van der Waals surface area contributed by atoms with E-state index in [2.05, 4.69) is 10.6 Å². The molecular weight excluding hydrogens is 308 g/mol. The topological polar surface area (TPSA) is 84.5 Å². The number of halogens is 1. The van der Waals surface area contributed by atoms with E-state index < -0.39 is 12.0 Å². The zero-order valence-corrected chi connectivity index (χ0v) is 12.7. The Hall–Kier alpha value is -2.08. The molecule has 118 valence electrons. The van der Waals surface area contributed by atoms with Crippen LogP contribution in [0.5, 0.6) is 0 Å². The molecule has 1 saturated heterocycles. The second kappa shape index (κ2) is 7.79. The molecule has 0 aromatic heterocycles. The predicted molar refractivity (Wildman–Crippen MR) is 80.3 cm³/mol. The molecule has 0 radical (unpaired) electrons. The molecule has 0 aliphatic carbocycles. The van der Waals surface area contributed by atoms with Gasteiger partial charge in [0.25, 0.3) is 5.91 Å². The fourth-order valence-electron chi connectivity index (χ4n) is 2.12. The van der Waals surface area contributed by atoms with E-state index in [9.17, 15) is 14.4 Å². The molecule has 1 aromatic rings. The fraction of sp³-hybridized carbons (Fsp3) is 0.400. The summed E-state index contributed by atoms with van der Waals surface area (Å²) in [7, 11) is 0. The summed E-state index contributed by atoms with van der Waals surface area (Å²) in [6.45, 7) is 0.0810. The van der Waals surface area contributed by atoms with Crippen molar-refractivity contribution in [2.45, 2.75) is 25.3 Å². The van der Waals surface area contributed by atoms with Gasteiger partial charge in [0.2, 0.25) is 5.91 Å². The Morgan fingerprint density at radius 2 is 2.23 bits per heavy atom. The zero-order chi connectivity index (χ0) is 15.9. The van der Waals surface area contributed by atoms with Gasteiger partial charge in [-0.3, -0.25) is 9.59 Å². The van der Waals surface area contributed by atoms with E-state index in [1.165, 1.54) is 0 Å². The number of benzene rings is 1. The van der Waals surface area contributed by atoms with Crippen molar-refractivity contribution in [3.8, 4) is 0 Å². The van der Waals surface area contributed by atoms with Gasteiger partial charge in [0, 0.05) is 18.0 Å². The van der Waals surface area contributed by atoms with Crippen LogP contribution in [0.15, 0.2) is 24.3 Å². The molecule has 1 aliphatic rings. The van der Waals surface area contributed by atoms with Gasteiger partial charge in [-0.2, -0.15) is 0 Å². The van der Waals surface area contributed by atoms with Gasteiger partial charge in [0.05, 0.1) is 0 Å². The van der Waals surface area contributed by atoms with Gasteiger partial charge in [-0.05, 0) is 30.5 Å². The number of rotatable bonds is 6. The minimum absolute atomic E-state index is 0.173. The quantitative estimate of drug-likeness (QED) is 0.759. The molecule has 1 heterocycles. The molecule has 2 amide bonds. The third kappa shape index (κ3) is 5.04. The summed E-state index contributed by atoms with van der Waals surface area (Å²) in [5.74, 6) is -1.12. The molecule has 7 heteroatoms. The number of hydrogen-bond donors (Lipinski definition) is 2. The van der Waals surface area contributed by atoms with Gasteiger partial charge in [-0.15, -0.1) is 0 Å². The van der Waals surface area contributed by atoms with Crippen LogP contribution in [0, 0.1) is 0 Å². The lowest BCUT2D eigenvalue weighted by Crippen LogP contribution is -2.37. The Labute approximate surface area is 133 Å². The second-order valence-corrected chi connectivity index (χ2v) is 5.43. The fourth-order valence-corrected chi connectivity index (χ4v) is 2.33. The van der Waals surface area contributed by atoms with Crippen LogP contribution in [0.3, 0.4) is 0 Å². The molecule has 6 nitrogen and oxygen atoms in total.